The van der Waals surface area contributed by atoms with Gasteiger partial charge in [0.05, 0.1) is 0 Å². The van der Waals surface area contributed by atoms with E-state index in [2.05, 4.69) is 9.98 Å². The Bertz CT molecular complexity index is 188. The number of nitrogens with one attached hydrogen (secondary N) is 1. The maximum absolute atomic E-state index is 9.43. The van der Waals surface area contributed by atoms with E-state index in [4.69, 9.17) is 16.9 Å². The van der Waals surface area contributed by atoms with Gasteiger partial charge in [-0.15, -0.1) is 4.99 Å². The minimum Gasteiger partial charge on any atom is -0.368 e. The summed E-state index contributed by atoms with van der Waals surface area (Å²) in [5, 5.41) is 6.52. The van der Waals surface area contributed by atoms with Crippen molar-refractivity contribution in [2.45, 2.75) is 0 Å². The summed E-state index contributed by atoms with van der Waals surface area (Å²) in [4.78, 5) is 15.4. The molecule has 0 saturated heterocycles. The lowest BCUT2D eigenvalue weighted by Gasteiger charge is -1.84. The van der Waals surface area contributed by atoms with E-state index >= 15 is 0 Å². The first-order valence-electron chi connectivity index (χ1n) is 1.93. The Morgan fingerprint density at radius 2 is 2.11 bits per heavy atom. The molecule has 0 spiro atoms. The molecule has 0 heterocycles. The van der Waals surface area contributed by atoms with E-state index in [9.17, 15) is 4.79 Å². The molecule has 0 aromatic heterocycles. The summed E-state index contributed by atoms with van der Waals surface area (Å²) in [6.45, 7) is 0. The van der Waals surface area contributed by atoms with Crippen LogP contribution in [-0.4, -0.2) is 18.0 Å². The second-order valence-electron chi connectivity index (χ2n) is 1.06. The zero-order valence-electron chi connectivity index (χ0n) is 4.46. The third kappa shape index (κ3) is 4.17. The molecule has 0 aliphatic heterocycles. The smallest absolute Gasteiger partial charge is 0.243 e. The van der Waals surface area contributed by atoms with E-state index in [1.165, 1.54) is 0 Å². The molecule has 0 unspecified atom stereocenters. The Morgan fingerprint density at radius 3 is 2.44 bits per heavy atom. The van der Waals surface area contributed by atoms with E-state index in [1.807, 2.05) is 0 Å². The summed E-state index contributed by atoms with van der Waals surface area (Å²) in [7, 11) is 0. The molecule has 9 heavy (non-hydrogen) atoms. The Balaban J connectivity index is 4.16. The fourth-order valence-corrected chi connectivity index (χ4v) is 0.195. The van der Waals surface area contributed by atoms with Crippen molar-refractivity contribution in [2.24, 2.45) is 21.5 Å². The average molecular weight is 127 g/mol. The summed E-state index contributed by atoms with van der Waals surface area (Å²) < 4.78 is 0. The molecule has 0 rings (SSSR count). The SMILES string of the molecule is N=C(N)/N=C(\N)N=C=O. The van der Waals surface area contributed by atoms with Gasteiger partial charge in [-0.1, -0.05) is 0 Å². The van der Waals surface area contributed by atoms with Crippen molar-refractivity contribution in [2.75, 3.05) is 0 Å². The Labute approximate surface area is 50.8 Å². The van der Waals surface area contributed by atoms with Crippen LogP contribution in [-0.2, 0) is 4.79 Å². The van der Waals surface area contributed by atoms with Crippen molar-refractivity contribution < 1.29 is 4.79 Å². The number of isocyanates is 1. The summed E-state index contributed by atoms with van der Waals surface area (Å²) in [5.41, 5.74) is 9.63. The number of aliphatic imine (C=N–C) groups is 2. The van der Waals surface area contributed by atoms with E-state index < -0.39 is 5.96 Å². The van der Waals surface area contributed by atoms with Crippen molar-refractivity contribution in [3.63, 3.8) is 0 Å². The number of hydrogen-bond donors (Lipinski definition) is 3. The van der Waals surface area contributed by atoms with E-state index in [1.54, 1.807) is 0 Å². The maximum atomic E-state index is 9.43. The molecule has 0 aliphatic carbocycles. The lowest BCUT2D eigenvalue weighted by Crippen LogP contribution is -2.15. The molecule has 0 aliphatic rings. The molecule has 0 bridgehead atoms. The number of rotatable bonds is 0. The van der Waals surface area contributed by atoms with Gasteiger partial charge in [-0.2, -0.15) is 4.99 Å². The first-order chi connectivity index (χ1) is 4.16. The van der Waals surface area contributed by atoms with Crippen LogP contribution in [0.5, 0.6) is 0 Å². The van der Waals surface area contributed by atoms with E-state index in [0.717, 1.165) is 6.08 Å². The highest BCUT2D eigenvalue weighted by molar-refractivity contribution is 5.93. The van der Waals surface area contributed by atoms with Crippen molar-refractivity contribution >= 4 is 18.0 Å². The van der Waals surface area contributed by atoms with Gasteiger partial charge in [-0.25, -0.2) is 4.79 Å². The third-order valence-corrected chi connectivity index (χ3v) is 0.395. The van der Waals surface area contributed by atoms with E-state index in [0.29, 0.717) is 0 Å². The molecule has 0 amide bonds. The highest BCUT2D eigenvalue weighted by Gasteiger charge is 1.84. The van der Waals surface area contributed by atoms with Crippen LogP contribution in [0.2, 0.25) is 0 Å². The van der Waals surface area contributed by atoms with E-state index in [-0.39, 0.29) is 5.96 Å². The fourth-order valence-electron chi connectivity index (χ4n) is 0.195. The quantitative estimate of drug-likeness (QED) is 0.209. The van der Waals surface area contributed by atoms with Gasteiger partial charge in [0.2, 0.25) is 18.0 Å². The monoisotopic (exact) mass is 127 g/mol. The van der Waals surface area contributed by atoms with Crippen LogP contribution in [0, 0.1) is 5.41 Å². The molecule has 0 radical (unpaired) electrons. The highest BCUT2D eigenvalue weighted by atomic mass is 16.1. The van der Waals surface area contributed by atoms with Gasteiger partial charge in [-0.3, -0.25) is 5.41 Å². The lowest BCUT2D eigenvalue weighted by atomic mass is 10.9. The zero-order valence-corrected chi connectivity index (χ0v) is 4.46. The summed E-state index contributed by atoms with van der Waals surface area (Å²) in [6, 6.07) is 0. The summed E-state index contributed by atoms with van der Waals surface area (Å²) in [6.07, 6.45) is 1.14. The highest BCUT2D eigenvalue weighted by Crippen LogP contribution is 1.67. The number of nitrogens with zero attached hydrogens (tertiary/aromatic N) is 2. The Hall–Kier alpha value is -1.68. The first-order valence-corrected chi connectivity index (χ1v) is 1.93. The van der Waals surface area contributed by atoms with Crippen LogP contribution in [0.4, 0.5) is 0 Å². The molecule has 0 aromatic rings. The molecule has 0 aromatic carbocycles. The van der Waals surface area contributed by atoms with Crippen LogP contribution in [0.15, 0.2) is 9.98 Å². The minimum absolute atomic E-state index is 0.363. The zero-order chi connectivity index (χ0) is 7.28. The predicted molar refractivity (Wildman–Crippen MR) is 31.7 cm³/mol. The molecule has 6 nitrogen and oxygen atoms in total. The largest absolute Gasteiger partial charge is 0.368 e. The fraction of sp³-hybridized carbons (Fsp3) is 0. The van der Waals surface area contributed by atoms with Crippen LogP contribution < -0.4 is 11.5 Å². The standard InChI is InChI=1S/C3H5N5O/c4-2(5)8-3(6)7-1-9/h(H5,4,5,6,8). The number of guanidine groups is 2. The van der Waals surface area contributed by atoms with Gasteiger partial charge in [0.25, 0.3) is 0 Å². The Kier molecular flexibility index (Phi) is 2.72. The minimum atomic E-state index is -0.494. The normalized spacial score (nSPS) is 10.0. The van der Waals surface area contributed by atoms with Crippen LogP contribution in [0.3, 0.4) is 0 Å². The van der Waals surface area contributed by atoms with Crippen LogP contribution >= 0.6 is 0 Å². The number of hydrogen-bond acceptors (Lipinski definition) is 2. The molecular weight excluding hydrogens is 122 g/mol. The van der Waals surface area contributed by atoms with Crippen LogP contribution in [0.25, 0.3) is 0 Å². The van der Waals surface area contributed by atoms with Crippen LogP contribution in [0.1, 0.15) is 0 Å². The van der Waals surface area contributed by atoms with Crippen molar-refractivity contribution in [1.82, 2.24) is 0 Å². The Morgan fingerprint density at radius 1 is 1.56 bits per heavy atom. The predicted octanol–water partition coefficient (Wildman–Crippen LogP) is -1.47. The molecular formula is C3H5N5O. The van der Waals surface area contributed by atoms with Crippen molar-refractivity contribution in [1.29, 1.82) is 5.41 Å². The third-order valence-electron chi connectivity index (χ3n) is 0.395. The topological polar surface area (TPSA) is 118 Å². The van der Waals surface area contributed by atoms with Gasteiger partial charge in [0.15, 0.2) is 0 Å². The lowest BCUT2D eigenvalue weighted by molar-refractivity contribution is 0.565. The summed E-state index contributed by atoms with van der Waals surface area (Å²) in [5.74, 6) is -0.857. The van der Waals surface area contributed by atoms with Gasteiger partial charge in [0, 0.05) is 0 Å². The first kappa shape index (κ1) is 7.32. The maximum Gasteiger partial charge on any atom is 0.243 e. The average Bonchev–Trinajstić information content (AvgIpc) is 1.63. The molecule has 0 atom stereocenters. The molecule has 0 saturated carbocycles. The summed E-state index contributed by atoms with van der Waals surface area (Å²) >= 11 is 0. The number of nitrogens with two attached hydrogens (primary N) is 2. The molecule has 6 heteroatoms. The van der Waals surface area contributed by atoms with Crippen molar-refractivity contribution in [3.8, 4) is 0 Å². The van der Waals surface area contributed by atoms with Gasteiger partial charge < -0.3 is 11.5 Å². The van der Waals surface area contributed by atoms with Crippen molar-refractivity contribution in [3.05, 3.63) is 0 Å². The van der Waals surface area contributed by atoms with Gasteiger partial charge in [-0.05, 0) is 0 Å². The second-order valence-corrected chi connectivity index (χ2v) is 1.06. The molecule has 48 valence electrons. The van der Waals surface area contributed by atoms with Gasteiger partial charge >= 0.3 is 0 Å². The molecule has 5 N–H and O–H groups in total. The van der Waals surface area contributed by atoms with Gasteiger partial charge in [0.1, 0.15) is 0 Å². The second kappa shape index (κ2) is 3.34. The number of carbonyl (C=O) groups excluding carboxylic acids is 1. The molecule has 0 fully saturated rings.